The first-order chi connectivity index (χ1) is 14.2. The van der Waals surface area contributed by atoms with Gasteiger partial charge in [0.25, 0.3) is 5.91 Å². The third-order valence-corrected chi connectivity index (χ3v) is 4.31. The van der Waals surface area contributed by atoms with E-state index in [0.717, 1.165) is 23.3 Å². The zero-order valence-electron chi connectivity index (χ0n) is 16.6. The van der Waals surface area contributed by atoms with Gasteiger partial charge in [0.15, 0.2) is 5.75 Å². The molecule has 0 fully saturated rings. The summed E-state index contributed by atoms with van der Waals surface area (Å²) in [6.45, 7) is 3.68. The molecule has 0 bridgehead atoms. The molecule has 156 valence electrons. The fourth-order valence-electron chi connectivity index (χ4n) is 2.98. The van der Waals surface area contributed by atoms with Crippen LogP contribution in [0.5, 0.6) is 17.2 Å². The fraction of sp³-hybridized carbons (Fsp3) is 0.174. The van der Waals surface area contributed by atoms with Crippen LogP contribution < -0.4 is 14.8 Å². The van der Waals surface area contributed by atoms with Crippen molar-refractivity contribution >= 4 is 11.6 Å². The second-order valence-electron chi connectivity index (χ2n) is 6.82. The number of methoxy groups -OCH3 is 1. The minimum absolute atomic E-state index is 0.0778. The Balaban J connectivity index is 1.97. The lowest BCUT2D eigenvalue weighted by Gasteiger charge is -2.16. The monoisotopic (exact) mass is 415 g/mol. The second-order valence-corrected chi connectivity index (χ2v) is 6.82. The molecule has 1 amide bonds. The maximum Gasteiger partial charge on any atom is 0.416 e. The molecule has 7 heteroatoms. The van der Waals surface area contributed by atoms with Crippen molar-refractivity contribution in [1.82, 2.24) is 0 Å². The number of nitrogens with one attached hydrogen (secondary N) is 1. The number of halogens is 3. The van der Waals surface area contributed by atoms with Gasteiger partial charge in [0.05, 0.1) is 18.4 Å². The fourth-order valence-corrected chi connectivity index (χ4v) is 2.98. The van der Waals surface area contributed by atoms with Crippen LogP contribution in [0.25, 0.3) is 0 Å². The van der Waals surface area contributed by atoms with E-state index in [0.29, 0.717) is 17.1 Å². The van der Waals surface area contributed by atoms with Crippen LogP contribution >= 0.6 is 0 Å². The van der Waals surface area contributed by atoms with Gasteiger partial charge >= 0.3 is 6.18 Å². The lowest BCUT2D eigenvalue weighted by molar-refractivity contribution is -0.137. The summed E-state index contributed by atoms with van der Waals surface area (Å²) in [5.74, 6) is 0.432. The summed E-state index contributed by atoms with van der Waals surface area (Å²) in [7, 11) is 1.49. The molecule has 0 aliphatic rings. The Kier molecular flexibility index (Phi) is 6.01. The van der Waals surface area contributed by atoms with Gasteiger partial charge < -0.3 is 14.8 Å². The molecule has 0 atom stereocenters. The van der Waals surface area contributed by atoms with Gasteiger partial charge in [-0.05, 0) is 56.3 Å². The highest BCUT2D eigenvalue weighted by molar-refractivity contribution is 6.05. The highest BCUT2D eigenvalue weighted by Gasteiger charge is 2.31. The zero-order valence-corrected chi connectivity index (χ0v) is 16.6. The highest BCUT2D eigenvalue weighted by atomic mass is 19.4. The maximum atomic E-state index is 13.2. The molecular formula is C23H20F3NO3. The first-order valence-electron chi connectivity index (χ1n) is 9.08. The summed E-state index contributed by atoms with van der Waals surface area (Å²) in [6, 6.07) is 14.8. The van der Waals surface area contributed by atoms with Crippen molar-refractivity contribution in [2.45, 2.75) is 20.0 Å². The van der Waals surface area contributed by atoms with E-state index < -0.39 is 17.6 Å². The minimum atomic E-state index is -4.56. The summed E-state index contributed by atoms with van der Waals surface area (Å²) >= 11 is 0. The van der Waals surface area contributed by atoms with E-state index in [2.05, 4.69) is 5.32 Å². The molecule has 0 aromatic heterocycles. The average Bonchev–Trinajstić information content (AvgIpc) is 2.68. The Labute approximate surface area is 172 Å². The van der Waals surface area contributed by atoms with Crippen molar-refractivity contribution in [3.63, 3.8) is 0 Å². The van der Waals surface area contributed by atoms with Crippen molar-refractivity contribution in [3.8, 4) is 17.2 Å². The van der Waals surface area contributed by atoms with Crippen LogP contribution in [0.15, 0.2) is 60.7 Å². The molecule has 1 N–H and O–H groups in total. The summed E-state index contributed by atoms with van der Waals surface area (Å²) in [6.07, 6.45) is -4.56. The third kappa shape index (κ3) is 5.11. The molecule has 0 heterocycles. The van der Waals surface area contributed by atoms with Gasteiger partial charge in [0.2, 0.25) is 0 Å². The number of amides is 1. The van der Waals surface area contributed by atoms with Gasteiger partial charge in [-0.2, -0.15) is 13.2 Å². The molecule has 0 saturated heterocycles. The lowest BCUT2D eigenvalue weighted by atomic mass is 10.1. The van der Waals surface area contributed by atoms with Crippen LogP contribution in [0, 0.1) is 13.8 Å². The first kappa shape index (κ1) is 21.2. The number of carbonyl (C=O) groups excluding carboxylic acids is 1. The molecule has 3 aromatic carbocycles. The van der Waals surface area contributed by atoms with Crippen molar-refractivity contribution in [3.05, 3.63) is 82.9 Å². The SMILES string of the molecule is COc1cccc(Oc2ccc(C(F)(F)F)cc2NC(=O)c2cc(C)cc(C)c2)c1. The van der Waals surface area contributed by atoms with Crippen molar-refractivity contribution in [1.29, 1.82) is 0 Å². The number of ether oxygens (including phenoxy) is 2. The number of aryl methyl sites for hydroxylation is 2. The highest BCUT2D eigenvalue weighted by Crippen LogP contribution is 2.37. The number of carbonyl (C=O) groups is 1. The third-order valence-electron chi connectivity index (χ3n) is 4.31. The molecule has 0 aliphatic heterocycles. The molecule has 0 unspecified atom stereocenters. The Morgan fingerprint density at radius 2 is 1.57 bits per heavy atom. The maximum absolute atomic E-state index is 13.2. The smallest absolute Gasteiger partial charge is 0.416 e. The van der Waals surface area contributed by atoms with Crippen molar-refractivity contribution in [2.75, 3.05) is 12.4 Å². The molecule has 0 radical (unpaired) electrons. The van der Waals surface area contributed by atoms with Gasteiger partial charge in [0, 0.05) is 11.6 Å². The van der Waals surface area contributed by atoms with Crippen molar-refractivity contribution in [2.24, 2.45) is 0 Å². The molecule has 30 heavy (non-hydrogen) atoms. The van der Waals surface area contributed by atoms with Gasteiger partial charge in [-0.25, -0.2) is 0 Å². The van der Waals surface area contributed by atoms with E-state index in [1.807, 2.05) is 19.9 Å². The summed E-state index contributed by atoms with van der Waals surface area (Å²) in [5.41, 5.74) is 1.11. The van der Waals surface area contributed by atoms with E-state index in [-0.39, 0.29) is 11.4 Å². The summed E-state index contributed by atoms with van der Waals surface area (Å²) in [4.78, 5) is 12.7. The molecule has 4 nitrogen and oxygen atoms in total. The topological polar surface area (TPSA) is 47.6 Å². The second kappa shape index (κ2) is 8.49. The lowest BCUT2D eigenvalue weighted by Crippen LogP contribution is -2.14. The van der Waals surface area contributed by atoms with Crippen LogP contribution in [-0.4, -0.2) is 13.0 Å². The summed E-state index contributed by atoms with van der Waals surface area (Å²) < 4.78 is 50.5. The predicted octanol–water partition coefficient (Wildman–Crippen LogP) is 6.38. The zero-order chi connectivity index (χ0) is 21.9. The Morgan fingerprint density at radius 3 is 2.20 bits per heavy atom. The molecular weight excluding hydrogens is 395 g/mol. The van der Waals surface area contributed by atoms with E-state index in [1.54, 1.807) is 36.4 Å². The normalized spacial score (nSPS) is 11.1. The quantitative estimate of drug-likeness (QED) is 0.526. The van der Waals surface area contributed by atoms with Crippen LogP contribution in [-0.2, 0) is 6.18 Å². The van der Waals surface area contributed by atoms with E-state index >= 15 is 0 Å². The molecule has 0 aliphatic carbocycles. The number of hydrogen-bond donors (Lipinski definition) is 1. The van der Waals surface area contributed by atoms with E-state index in [1.165, 1.54) is 13.2 Å². The van der Waals surface area contributed by atoms with Gasteiger partial charge in [-0.1, -0.05) is 23.3 Å². The van der Waals surface area contributed by atoms with Crippen LogP contribution in [0.2, 0.25) is 0 Å². The molecule has 0 saturated carbocycles. The molecule has 0 spiro atoms. The number of alkyl halides is 3. The minimum Gasteiger partial charge on any atom is -0.497 e. The van der Waals surface area contributed by atoms with Gasteiger partial charge in [-0.15, -0.1) is 0 Å². The van der Waals surface area contributed by atoms with Crippen molar-refractivity contribution < 1.29 is 27.4 Å². The van der Waals surface area contributed by atoms with E-state index in [4.69, 9.17) is 9.47 Å². The van der Waals surface area contributed by atoms with Gasteiger partial charge in [0.1, 0.15) is 11.5 Å². The molecule has 3 aromatic rings. The Hall–Kier alpha value is -3.48. The van der Waals surface area contributed by atoms with E-state index in [9.17, 15) is 18.0 Å². The Morgan fingerprint density at radius 1 is 0.900 bits per heavy atom. The standard InChI is InChI=1S/C23H20F3NO3/c1-14-9-15(2)11-16(10-14)22(28)27-20-12-17(23(24,25)26)7-8-21(20)30-19-6-4-5-18(13-19)29-3/h4-13H,1-3H3,(H,27,28). The Bertz CT molecular complexity index is 1060. The molecule has 3 rings (SSSR count). The number of hydrogen-bond acceptors (Lipinski definition) is 3. The number of anilines is 1. The largest absolute Gasteiger partial charge is 0.497 e. The van der Waals surface area contributed by atoms with Crippen LogP contribution in [0.3, 0.4) is 0 Å². The summed E-state index contributed by atoms with van der Waals surface area (Å²) in [5, 5.41) is 2.55. The first-order valence-corrected chi connectivity index (χ1v) is 9.08. The van der Waals surface area contributed by atoms with Crippen LogP contribution in [0.1, 0.15) is 27.0 Å². The number of benzene rings is 3. The number of rotatable bonds is 5. The van der Waals surface area contributed by atoms with Gasteiger partial charge in [-0.3, -0.25) is 4.79 Å². The predicted molar refractivity (Wildman–Crippen MR) is 108 cm³/mol. The average molecular weight is 415 g/mol. The van der Waals surface area contributed by atoms with Crippen LogP contribution in [0.4, 0.5) is 18.9 Å².